The average Bonchev–Trinajstić information content (AvgIpc) is 2.77. The van der Waals surface area contributed by atoms with Crippen molar-refractivity contribution in [3.63, 3.8) is 0 Å². The number of H-pyrrole nitrogens is 1. The van der Waals surface area contributed by atoms with Gasteiger partial charge in [-0.05, 0) is 30.7 Å². The number of aromatic nitrogens is 2. The maximum Gasteiger partial charge on any atom is 0.119 e. The van der Waals surface area contributed by atoms with Gasteiger partial charge in [0.2, 0.25) is 0 Å². The highest BCUT2D eigenvalue weighted by Gasteiger charge is 2.15. The first-order valence-corrected chi connectivity index (χ1v) is 5.60. The predicted molar refractivity (Wildman–Crippen MR) is 67.2 cm³/mol. The van der Waals surface area contributed by atoms with Crippen LogP contribution in [0.5, 0.6) is 5.75 Å². The maximum atomic E-state index is 5.84. The highest BCUT2D eigenvalue weighted by atomic mass is 16.5. The molecule has 4 heteroatoms. The quantitative estimate of drug-likeness (QED) is 0.843. The molecule has 2 rings (SSSR count). The fourth-order valence-corrected chi connectivity index (χ4v) is 1.90. The van der Waals surface area contributed by atoms with Crippen molar-refractivity contribution in [2.75, 3.05) is 13.7 Å². The third kappa shape index (κ3) is 2.47. The predicted octanol–water partition coefficient (Wildman–Crippen LogP) is 1.82. The second kappa shape index (κ2) is 5.01. The Bertz CT molecular complexity index is 493. The molecule has 0 aliphatic carbocycles. The number of nitrogens with one attached hydrogen (secondary N) is 1. The number of nitrogens with two attached hydrogens (primary N) is 1. The van der Waals surface area contributed by atoms with Crippen LogP contribution in [0.2, 0.25) is 0 Å². The number of methoxy groups -OCH3 is 1. The Morgan fingerprint density at radius 3 is 2.82 bits per heavy atom. The average molecular weight is 231 g/mol. The molecule has 1 aromatic heterocycles. The Balaban J connectivity index is 2.34. The number of benzene rings is 1. The van der Waals surface area contributed by atoms with Gasteiger partial charge in [-0.3, -0.25) is 5.10 Å². The summed E-state index contributed by atoms with van der Waals surface area (Å²) < 4.78 is 5.22. The Labute approximate surface area is 101 Å². The van der Waals surface area contributed by atoms with Crippen LogP contribution in [0.15, 0.2) is 30.3 Å². The van der Waals surface area contributed by atoms with Gasteiger partial charge in [-0.2, -0.15) is 5.10 Å². The molecule has 0 aliphatic rings. The SMILES string of the molecule is COc1cccc(C(CN)c2cc(C)[nH]n2)c1. The van der Waals surface area contributed by atoms with E-state index in [1.165, 1.54) is 0 Å². The molecule has 0 spiro atoms. The summed E-state index contributed by atoms with van der Waals surface area (Å²) in [4.78, 5) is 0. The molecular weight excluding hydrogens is 214 g/mol. The van der Waals surface area contributed by atoms with Gasteiger partial charge in [0.25, 0.3) is 0 Å². The standard InChI is InChI=1S/C13H17N3O/c1-9-6-13(16-15-9)12(8-14)10-4-3-5-11(7-10)17-2/h3-7,12H,8,14H2,1-2H3,(H,15,16). The summed E-state index contributed by atoms with van der Waals surface area (Å²) >= 11 is 0. The number of rotatable bonds is 4. The second-order valence-electron chi connectivity index (χ2n) is 4.04. The van der Waals surface area contributed by atoms with Crippen molar-refractivity contribution in [1.29, 1.82) is 0 Å². The van der Waals surface area contributed by atoms with Gasteiger partial charge in [-0.15, -0.1) is 0 Å². The smallest absolute Gasteiger partial charge is 0.119 e. The van der Waals surface area contributed by atoms with Crippen LogP contribution in [0.25, 0.3) is 0 Å². The van der Waals surface area contributed by atoms with E-state index in [1.54, 1.807) is 7.11 Å². The van der Waals surface area contributed by atoms with Crippen LogP contribution in [0.4, 0.5) is 0 Å². The third-order valence-corrected chi connectivity index (χ3v) is 2.81. The molecular formula is C13H17N3O. The maximum absolute atomic E-state index is 5.84. The van der Waals surface area contributed by atoms with Gasteiger partial charge < -0.3 is 10.5 Å². The van der Waals surface area contributed by atoms with Gasteiger partial charge in [-0.1, -0.05) is 12.1 Å². The molecule has 1 heterocycles. The van der Waals surface area contributed by atoms with E-state index in [4.69, 9.17) is 10.5 Å². The van der Waals surface area contributed by atoms with Crippen LogP contribution < -0.4 is 10.5 Å². The molecule has 1 aromatic carbocycles. The largest absolute Gasteiger partial charge is 0.497 e. The minimum absolute atomic E-state index is 0.107. The van der Waals surface area contributed by atoms with Crippen molar-refractivity contribution in [3.8, 4) is 5.75 Å². The van der Waals surface area contributed by atoms with Gasteiger partial charge >= 0.3 is 0 Å². The molecule has 0 radical (unpaired) electrons. The molecule has 4 nitrogen and oxygen atoms in total. The summed E-state index contributed by atoms with van der Waals surface area (Å²) in [5.74, 6) is 0.947. The van der Waals surface area contributed by atoms with Crippen molar-refractivity contribution in [1.82, 2.24) is 10.2 Å². The zero-order valence-electron chi connectivity index (χ0n) is 10.1. The number of aromatic amines is 1. The Morgan fingerprint density at radius 1 is 1.41 bits per heavy atom. The van der Waals surface area contributed by atoms with E-state index in [2.05, 4.69) is 10.2 Å². The van der Waals surface area contributed by atoms with Crippen molar-refractivity contribution < 1.29 is 4.74 Å². The fraction of sp³-hybridized carbons (Fsp3) is 0.308. The molecule has 0 amide bonds. The number of nitrogens with zero attached hydrogens (tertiary/aromatic N) is 1. The van der Waals surface area contributed by atoms with E-state index in [9.17, 15) is 0 Å². The van der Waals surface area contributed by atoms with Crippen molar-refractivity contribution in [2.24, 2.45) is 5.73 Å². The van der Waals surface area contributed by atoms with Gasteiger partial charge in [0.1, 0.15) is 5.75 Å². The molecule has 0 fully saturated rings. The van der Waals surface area contributed by atoms with Gasteiger partial charge in [0, 0.05) is 18.2 Å². The first-order chi connectivity index (χ1) is 8.24. The zero-order chi connectivity index (χ0) is 12.3. The lowest BCUT2D eigenvalue weighted by atomic mass is 9.95. The first-order valence-electron chi connectivity index (χ1n) is 5.60. The Kier molecular flexibility index (Phi) is 3.44. The Morgan fingerprint density at radius 2 is 2.24 bits per heavy atom. The van der Waals surface area contributed by atoms with E-state index in [0.29, 0.717) is 6.54 Å². The summed E-state index contributed by atoms with van der Waals surface area (Å²) in [6.45, 7) is 2.51. The second-order valence-corrected chi connectivity index (χ2v) is 4.04. The molecule has 1 atom stereocenters. The Hall–Kier alpha value is -1.81. The summed E-state index contributed by atoms with van der Waals surface area (Å²) in [7, 11) is 1.66. The van der Waals surface area contributed by atoms with E-state index in [0.717, 1.165) is 22.7 Å². The lowest BCUT2D eigenvalue weighted by molar-refractivity contribution is 0.414. The zero-order valence-corrected chi connectivity index (χ0v) is 10.1. The third-order valence-electron chi connectivity index (χ3n) is 2.81. The molecule has 0 saturated heterocycles. The lowest BCUT2D eigenvalue weighted by Gasteiger charge is -2.13. The molecule has 0 bridgehead atoms. The van der Waals surface area contributed by atoms with Crippen LogP contribution in [0, 0.1) is 6.92 Å². The van der Waals surface area contributed by atoms with Gasteiger partial charge in [0.05, 0.1) is 12.8 Å². The lowest BCUT2D eigenvalue weighted by Crippen LogP contribution is -2.14. The number of hydrogen-bond donors (Lipinski definition) is 2. The first kappa shape index (κ1) is 11.7. The molecule has 0 aliphatic heterocycles. The summed E-state index contributed by atoms with van der Waals surface area (Å²) in [5.41, 5.74) is 8.98. The minimum atomic E-state index is 0.107. The van der Waals surface area contributed by atoms with Crippen LogP contribution in [0.1, 0.15) is 22.9 Å². The number of hydrogen-bond acceptors (Lipinski definition) is 3. The van der Waals surface area contributed by atoms with Crippen LogP contribution in [0.3, 0.4) is 0 Å². The minimum Gasteiger partial charge on any atom is -0.497 e. The number of ether oxygens (including phenoxy) is 1. The van der Waals surface area contributed by atoms with Gasteiger partial charge in [-0.25, -0.2) is 0 Å². The van der Waals surface area contributed by atoms with E-state index < -0.39 is 0 Å². The van der Waals surface area contributed by atoms with Crippen molar-refractivity contribution in [2.45, 2.75) is 12.8 Å². The molecule has 1 unspecified atom stereocenters. The molecule has 3 N–H and O–H groups in total. The fourth-order valence-electron chi connectivity index (χ4n) is 1.90. The monoisotopic (exact) mass is 231 g/mol. The normalized spacial score (nSPS) is 12.4. The molecule has 0 saturated carbocycles. The van der Waals surface area contributed by atoms with Crippen LogP contribution in [-0.4, -0.2) is 23.9 Å². The van der Waals surface area contributed by atoms with Crippen LogP contribution in [-0.2, 0) is 0 Å². The van der Waals surface area contributed by atoms with Gasteiger partial charge in [0.15, 0.2) is 0 Å². The van der Waals surface area contributed by atoms with Crippen molar-refractivity contribution >= 4 is 0 Å². The topological polar surface area (TPSA) is 63.9 Å². The van der Waals surface area contributed by atoms with E-state index >= 15 is 0 Å². The molecule has 17 heavy (non-hydrogen) atoms. The van der Waals surface area contributed by atoms with E-state index in [-0.39, 0.29) is 5.92 Å². The highest BCUT2D eigenvalue weighted by Crippen LogP contribution is 2.25. The van der Waals surface area contributed by atoms with Crippen molar-refractivity contribution in [3.05, 3.63) is 47.3 Å². The summed E-state index contributed by atoms with van der Waals surface area (Å²) in [6.07, 6.45) is 0. The summed E-state index contributed by atoms with van der Waals surface area (Å²) in [6, 6.07) is 9.96. The summed E-state index contributed by atoms with van der Waals surface area (Å²) in [5, 5.41) is 7.22. The molecule has 2 aromatic rings. The highest BCUT2D eigenvalue weighted by molar-refractivity contribution is 5.35. The van der Waals surface area contributed by atoms with E-state index in [1.807, 2.05) is 37.3 Å². The molecule has 90 valence electrons. The van der Waals surface area contributed by atoms with Crippen LogP contribution >= 0.6 is 0 Å². The number of aryl methyl sites for hydroxylation is 1.